The molecular weight excluding hydrogens is 238 g/mol. The summed E-state index contributed by atoms with van der Waals surface area (Å²) in [6, 6.07) is 7.93. The van der Waals surface area contributed by atoms with Gasteiger partial charge >= 0.3 is 5.97 Å². The number of carbonyl (C=O) groups is 1. The van der Waals surface area contributed by atoms with Crippen molar-refractivity contribution >= 4 is 11.7 Å². The van der Waals surface area contributed by atoms with Crippen LogP contribution < -0.4 is 4.90 Å². The molecule has 0 radical (unpaired) electrons. The fourth-order valence-corrected chi connectivity index (χ4v) is 2.12. The van der Waals surface area contributed by atoms with Gasteiger partial charge in [-0.1, -0.05) is 26.0 Å². The molecule has 1 aromatic rings. The third kappa shape index (κ3) is 3.72. The first-order chi connectivity index (χ1) is 8.93. The summed E-state index contributed by atoms with van der Waals surface area (Å²) in [6.07, 6.45) is 2.23. The maximum Gasteiger partial charge on any atom is 0.313 e. The maximum atomic E-state index is 11.2. The summed E-state index contributed by atoms with van der Waals surface area (Å²) in [5, 5.41) is 9.23. The van der Waals surface area contributed by atoms with Gasteiger partial charge in [0.05, 0.1) is 5.41 Å². The zero-order valence-electron chi connectivity index (χ0n) is 12.4. The molecule has 0 spiro atoms. The van der Waals surface area contributed by atoms with E-state index in [1.165, 1.54) is 5.69 Å². The average molecular weight is 263 g/mol. The summed E-state index contributed by atoms with van der Waals surface area (Å²) in [5.74, 6) is -0.792. The molecule has 0 unspecified atom stereocenters. The van der Waals surface area contributed by atoms with E-state index in [1.54, 1.807) is 13.8 Å². The molecule has 0 aromatic heterocycles. The van der Waals surface area contributed by atoms with Crippen LogP contribution in [0.3, 0.4) is 0 Å². The van der Waals surface area contributed by atoms with Crippen LogP contribution in [-0.4, -0.2) is 24.2 Å². The van der Waals surface area contributed by atoms with Crippen LogP contribution in [0.15, 0.2) is 24.3 Å². The van der Waals surface area contributed by atoms with Crippen molar-refractivity contribution in [1.29, 1.82) is 0 Å². The summed E-state index contributed by atoms with van der Waals surface area (Å²) >= 11 is 0. The highest BCUT2D eigenvalue weighted by atomic mass is 16.4. The Bertz CT molecular complexity index is 403. The molecule has 0 aliphatic heterocycles. The first kappa shape index (κ1) is 15.5. The van der Waals surface area contributed by atoms with Crippen LogP contribution in [0, 0.1) is 0 Å². The van der Waals surface area contributed by atoms with Crippen LogP contribution in [0.2, 0.25) is 0 Å². The molecule has 106 valence electrons. The number of aliphatic carboxylic acids is 1. The lowest BCUT2D eigenvalue weighted by Crippen LogP contribution is -2.29. The van der Waals surface area contributed by atoms with E-state index in [4.69, 9.17) is 0 Å². The number of rotatable bonds is 7. The molecule has 0 saturated heterocycles. The minimum Gasteiger partial charge on any atom is -0.481 e. The summed E-state index contributed by atoms with van der Waals surface area (Å²) in [5.41, 5.74) is 1.18. The predicted molar refractivity (Wildman–Crippen MR) is 79.9 cm³/mol. The molecular formula is C16H25NO2. The number of benzene rings is 1. The topological polar surface area (TPSA) is 40.5 Å². The van der Waals surface area contributed by atoms with Gasteiger partial charge in [0.25, 0.3) is 0 Å². The van der Waals surface area contributed by atoms with Gasteiger partial charge in [-0.3, -0.25) is 4.79 Å². The van der Waals surface area contributed by atoms with Crippen molar-refractivity contribution in [2.75, 3.05) is 18.0 Å². The molecule has 3 heteroatoms. The van der Waals surface area contributed by atoms with Gasteiger partial charge in [0, 0.05) is 18.8 Å². The second kappa shape index (κ2) is 6.60. The van der Waals surface area contributed by atoms with Crippen LogP contribution in [0.1, 0.15) is 46.1 Å². The Morgan fingerprint density at radius 2 is 1.58 bits per heavy atom. The van der Waals surface area contributed by atoms with Gasteiger partial charge in [-0.05, 0) is 44.4 Å². The highest BCUT2D eigenvalue weighted by Gasteiger charge is 2.29. The van der Waals surface area contributed by atoms with E-state index in [2.05, 4.69) is 18.7 Å². The van der Waals surface area contributed by atoms with Gasteiger partial charge in [-0.25, -0.2) is 0 Å². The Hall–Kier alpha value is -1.51. The minimum absolute atomic E-state index is 0.792. The van der Waals surface area contributed by atoms with E-state index >= 15 is 0 Å². The van der Waals surface area contributed by atoms with Crippen LogP contribution >= 0.6 is 0 Å². The quantitative estimate of drug-likeness (QED) is 0.816. The summed E-state index contributed by atoms with van der Waals surface area (Å²) < 4.78 is 0. The van der Waals surface area contributed by atoms with Crippen molar-refractivity contribution in [3.8, 4) is 0 Å². The molecule has 1 rings (SSSR count). The fourth-order valence-electron chi connectivity index (χ4n) is 2.12. The third-order valence-electron chi connectivity index (χ3n) is 3.48. The van der Waals surface area contributed by atoms with E-state index in [1.807, 2.05) is 24.3 Å². The molecule has 3 nitrogen and oxygen atoms in total. The molecule has 0 heterocycles. The van der Waals surface area contributed by atoms with Crippen molar-refractivity contribution in [2.24, 2.45) is 0 Å². The number of nitrogens with zero attached hydrogens (tertiary/aromatic N) is 1. The third-order valence-corrected chi connectivity index (χ3v) is 3.48. The maximum absolute atomic E-state index is 11.2. The van der Waals surface area contributed by atoms with Gasteiger partial charge in [0.1, 0.15) is 0 Å². The highest BCUT2D eigenvalue weighted by molar-refractivity contribution is 5.80. The molecule has 0 amide bonds. The number of carboxylic acid groups (broad SMARTS) is 1. The Labute approximate surface area is 116 Å². The number of hydrogen-bond donors (Lipinski definition) is 1. The molecule has 0 atom stereocenters. The molecule has 0 aliphatic carbocycles. The van der Waals surface area contributed by atoms with Crippen molar-refractivity contribution in [3.63, 3.8) is 0 Å². The zero-order chi connectivity index (χ0) is 14.5. The van der Waals surface area contributed by atoms with Gasteiger partial charge in [0.2, 0.25) is 0 Å². The van der Waals surface area contributed by atoms with Crippen LogP contribution in [-0.2, 0) is 10.2 Å². The van der Waals surface area contributed by atoms with Crippen molar-refractivity contribution < 1.29 is 9.90 Å². The lowest BCUT2D eigenvalue weighted by molar-refractivity contribution is -0.142. The van der Waals surface area contributed by atoms with E-state index < -0.39 is 11.4 Å². The monoisotopic (exact) mass is 263 g/mol. The highest BCUT2D eigenvalue weighted by Crippen LogP contribution is 2.26. The van der Waals surface area contributed by atoms with E-state index in [-0.39, 0.29) is 0 Å². The first-order valence-electron chi connectivity index (χ1n) is 7.02. The van der Waals surface area contributed by atoms with Crippen molar-refractivity contribution in [2.45, 2.75) is 46.0 Å². The van der Waals surface area contributed by atoms with E-state index in [0.717, 1.165) is 31.5 Å². The Balaban J connectivity index is 2.94. The standard InChI is InChI=1S/C16H25NO2/c1-5-11-17(12-6-2)14-9-7-13(8-10-14)16(3,4)15(18)19/h7-10H,5-6,11-12H2,1-4H3,(H,18,19). The molecule has 1 aromatic carbocycles. The van der Waals surface area contributed by atoms with Crippen LogP contribution in [0.4, 0.5) is 5.69 Å². The lowest BCUT2D eigenvalue weighted by atomic mass is 9.85. The van der Waals surface area contributed by atoms with Crippen molar-refractivity contribution in [1.82, 2.24) is 0 Å². The average Bonchev–Trinajstić information content (AvgIpc) is 2.38. The normalized spacial score (nSPS) is 11.4. The Kier molecular flexibility index (Phi) is 5.40. The van der Waals surface area contributed by atoms with Crippen molar-refractivity contribution in [3.05, 3.63) is 29.8 Å². The zero-order valence-corrected chi connectivity index (χ0v) is 12.4. The number of carboxylic acids is 1. The number of hydrogen-bond acceptors (Lipinski definition) is 2. The van der Waals surface area contributed by atoms with E-state index in [0.29, 0.717) is 0 Å². The van der Waals surface area contributed by atoms with Gasteiger partial charge < -0.3 is 10.0 Å². The summed E-state index contributed by atoms with van der Waals surface area (Å²) in [4.78, 5) is 13.6. The van der Waals surface area contributed by atoms with Gasteiger partial charge in [-0.15, -0.1) is 0 Å². The second-order valence-electron chi connectivity index (χ2n) is 5.46. The molecule has 0 saturated carbocycles. The van der Waals surface area contributed by atoms with Crippen LogP contribution in [0.25, 0.3) is 0 Å². The smallest absolute Gasteiger partial charge is 0.313 e. The molecule has 0 fully saturated rings. The van der Waals surface area contributed by atoms with Gasteiger partial charge in [-0.2, -0.15) is 0 Å². The van der Waals surface area contributed by atoms with Crippen LogP contribution in [0.5, 0.6) is 0 Å². The summed E-state index contributed by atoms with van der Waals surface area (Å²) in [7, 11) is 0. The van der Waals surface area contributed by atoms with Gasteiger partial charge in [0.15, 0.2) is 0 Å². The Morgan fingerprint density at radius 3 is 1.95 bits per heavy atom. The fraction of sp³-hybridized carbons (Fsp3) is 0.562. The lowest BCUT2D eigenvalue weighted by Gasteiger charge is -2.25. The molecule has 0 bridgehead atoms. The molecule has 0 aliphatic rings. The second-order valence-corrected chi connectivity index (χ2v) is 5.46. The Morgan fingerprint density at radius 1 is 1.11 bits per heavy atom. The summed E-state index contributed by atoms with van der Waals surface area (Å²) in [6.45, 7) is 9.89. The SMILES string of the molecule is CCCN(CCC)c1ccc(C(C)(C)C(=O)O)cc1. The number of anilines is 1. The van der Waals surface area contributed by atoms with E-state index in [9.17, 15) is 9.90 Å². The molecule has 1 N–H and O–H groups in total. The minimum atomic E-state index is -0.834. The largest absolute Gasteiger partial charge is 0.481 e. The predicted octanol–water partition coefficient (Wildman–Crippen LogP) is 3.68. The molecule has 19 heavy (non-hydrogen) atoms. The first-order valence-corrected chi connectivity index (χ1v) is 7.02.